The van der Waals surface area contributed by atoms with Gasteiger partial charge in [-0.1, -0.05) is 18.2 Å². The van der Waals surface area contributed by atoms with Gasteiger partial charge in [-0.3, -0.25) is 0 Å². The molecule has 0 N–H and O–H groups in total. The number of allylic oxidation sites excluding steroid dienone is 2. The van der Waals surface area contributed by atoms with Gasteiger partial charge in [0.05, 0.1) is 16.5 Å². The molecule has 0 bridgehead atoms. The Morgan fingerprint density at radius 2 is 1.63 bits per heavy atom. The summed E-state index contributed by atoms with van der Waals surface area (Å²) in [5.41, 5.74) is 5.09. The van der Waals surface area contributed by atoms with Gasteiger partial charge in [-0.25, -0.2) is 12.8 Å². The van der Waals surface area contributed by atoms with Crippen LogP contribution >= 0.6 is 15.9 Å². The third-order valence-electron chi connectivity index (χ3n) is 5.63. The molecule has 27 heavy (non-hydrogen) atoms. The summed E-state index contributed by atoms with van der Waals surface area (Å²) in [6, 6.07) is 11.4. The van der Waals surface area contributed by atoms with Crippen LogP contribution in [-0.2, 0) is 9.84 Å². The molecule has 0 heterocycles. The maximum atomic E-state index is 12.7. The van der Waals surface area contributed by atoms with Crippen molar-refractivity contribution in [3.63, 3.8) is 0 Å². The Hall–Kier alpha value is -1.66. The Balaban J connectivity index is 1.76. The van der Waals surface area contributed by atoms with Crippen molar-refractivity contribution >= 4 is 36.9 Å². The average molecular weight is 451 g/mol. The molecule has 0 amide bonds. The van der Waals surface area contributed by atoms with E-state index in [1.54, 1.807) is 19.2 Å². The van der Waals surface area contributed by atoms with E-state index in [-0.39, 0.29) is 4.90 Å². The van der Waals surface area contributed by atoms with Gasteiger partial charge < -0.3 is 4.74 Å². The van der Waals surface area contributed by atoms with E-state index in [0.29, 0.717) is 5.41 Å². The molecule has 142 valence electrons. The molecular formula is C21H20BrFO3S. The van der Waals surface area contributed by atoms with Crippen molar-refractivity contribution < 1.29 is 17.5 Å². The Kier molecular flexibility index (Phi) is 4.67. The second kappa shape index (κ2) is 6.74. The van der Waals surface area contributed by atoms with Crippen LogP contribution in [0.1, 0.15) is 36.8 Å². The van der Waals surface area contributed by atoms with Crippen molar-refractivity contribution in [1.82, 2.24) is 0 Å². The summed E-state index contributed by atoms with van der Waals surface area (Å²) in [6.45, 7) is 0. The number of benzene rings is 2. The molecule has 0 aromatic heterocycles. The maximum Gasteiger partial charge on any atom is 0.207 e. The van der Waals surface area contributed by atoms with E-state index >= 15 is 0 Å². The highest BCUT2D eigenvalue weighted by atomic mass is 79.9. The van der Waals surface area contributed by atoms with Gasteiger partial charge in [-0.2, -0.15) is 0 Å². The molecule has 4 rings (SSSR count). The van der Waals surface area contributed by atoms with Gasteiger partial charge in [0.15, 0.2) is 6.01 Å². The lowest BCUT2D eigenvalue weighted by Gasteiger charge is -2.11. The van der Waals surface area contributed by atoms with E-state index in [0.717, 1.165) is 34.2 Å². The number of rotatable bonds is 5. The topological polar surface area (TPSA) is 43.4 Å². The molecule has 0 atom stereocenters. The molecular weight excluding hydrogens is 431 g/mol. The number of hydrogen-bond acceptors (Lipinski definition) is 3. The van der Waals surface area contributed by atoms with Crippen LogP contribution in [0.3, 0.4) is 0 Å². The molecule has 0 radical (unpaired) electrons. The molecule has 1 saturated carbocycles. The lowest BCUT2D eigenvalue weighted by Crippen LogP contribution is -2.02. The zero-order valence-corrected chi connectivity index (χ0v) is 17.4. The fourth-order valence-corrected chi connectivity index (χ4v) is 5.11. The molecule has 3 nitrogen and oxygen atoms in total. The van der Waals surface area contributed by atoms with Crippen molar-refractivity contribution in [3.05, 3.63) is 58.1 Å². The third-order valence-corrected chi connectivity index (χ3v) is 7.53. The van der Waals surface area contributed by atoms with Gasteiger partial charge in [-0.05, 0) is 93.6 Å². The molecule has 2 aliphatic carbocycles. The minimum absolute atomic E-state index is 0.0298. The summed E-state index contributed by atoms with van der Waals surface area (Å²) >= 11 is 3.56. The van der Waals surface area contributed by atoms with Gasteiger partial charge in [0.1, 0.15) is 5.75 Å². The van der Waals surface area contributed by atoms with E-state index in [1.807, 2.05) is 6.07 Å². The third kappa shape index (κ3) is 3.45. The second-order valence-corrected chi connectivity index (χ2v) is 10.2. The van der Waals surface area contributed by atoms with Crippen LogP contribution in [0.4, 0.5) is 4.39 Å². The van der Waals surface area contributed by atoms with Crippen molar-refractivity contribution in [2.24, 2.45) is 5.41 Å². The number of alkyl halides is 1. The fourth-order valence-electron chi connectivity index (χ4n) is 3.89. The van der Waals surface area contributed by atoms with Crippen LogP contribution in [-0.4, -0.2) is 21.5 Å². The van der Waals surface area contributed by atoms with Crippen molar-refractivity contribution in [3.8, 4) is 5.75 Å². The fraction of sp³-hybridized carbons (Fsp3) is 0.333. The van der Waals surface area contributed by atoms with Gasteiger partial charge in [0.2, 0.25) is 9.84 Å². The quantitative estimate of drug-likeness (QED) is 0.591. The highest BCUT2D eigenvalue weighted by Crippen LogP contribution is 2.63. The number of halogens is 2. The first-order chi connectivity index (χ1) is 12.9. The predicted octanol–water partition coefficient (Wildman–Crippen LogP) is 5.64. The monoisotopic (exact) mass is 450 g/mol. The van der Waals surface area contributed by atoms with E-state index < -0.39 is 15.8 Å². The SMILES string of the molecule is COc1ccc(C2=C(c3ccc(S(=O)(=O)CF)cc3)CC3(CC3)C2)cc1Br. The first-order valence-corrected chi connectivity index (χ1v) is 11.3. The molecule has 1 fully saturated rings. The Morgan fingerprint density at radius 1 is 1.04 bits per heavy atom. The Labute approximate surface area is 167 Å². The van der Waals surface area contributed by atoms with Crippen LogP contribution in [0.5, 0.6) is 5.75 Å². The maximum absolute atomic E-state index is 12.7. The van der Waals surface area contributed by atoms with Crippen LogP contribution < -0.4 is 4.74 Å². The summed E-state index contributed by atoms with van der Waals surface area (Å²) in [4.78, 5) is 0.0298. The minimum atomic E-state index is -3.83. The Morgan fingerprint density at radius 3 is 2.15 bits per heavy atom. The van der Waals surface area contributed by atoms with Gasteiger partial charge in [0, 0.05) is 0 Å². The second-order valence-electron chi connectivity index (χ2n) is 7.41. The van der Waals surface area contributed by atoms with E-state index in [9.17, 15) is 12.8 Å². The van der Waals surface area contributed by atoms with Crippen LogP contribution in [0.2, 0.25) is 0 Å². The van der Waals surface area contributed by atoms with Gasteiger partial charge >= 0.3 is 0 Å². The highest BCUT2D eigenvalue weighted by molar-refractivity contribution is 9.10. The van der Waals surface area contributed by atoms with Crippen LogP contribution in [0.15, 0.2) is 51.8 Å². The smallest absolute Gasteiger partial charge is 0.207 e. The van der Waals surface area contributed by atoms with Crippen molar-refractivity contribution in [2.45, 2.75) is 30.6 Å². The summed E-state index contributed by atoms with van der Waals surface area (Å²) < 4.78 is 42.4. The zero-order valence-electron chi connectivity index (χ0n) is 15.0. The number of hydrogen-bond donors (Lipinski definition) is 0. The lowest BCUT2D eigenvalue weighted by atomic mass is 9.97. The summed E-state index contributed by atoms with van der Waals surface area (Å²) in [6.07, 6.45) is 4.49. The number of sulfone groups is 1. The van der Waals surface area contributed by atoms with Crippen molar-refractivity contribution in [1.29, 1.82) is 0 Å². The standard InChI is InChI=1S/C21H20BrFO3S/c1-26-20-7-4-15(10-19(20)22)18-12-21(8-9-21)11-17(18)14-2-5-16(6-3-14)27(24,25)13-23/h2-7,10H,8-9,11-13H2,1H3. The normalized spacial score (nSPS) is 18.2. The summed E-state index contributed by atoms with van der Waals surface area (Å²) in [7, 11) is -2.19. The molecule has 1 spiro atoms. The van der Waals surface area contributed by atoms with Crippen molar-refractivity contribution in [2.75, 3.05) is 13.1 Å². The molecule has 0 saturated heterocycles. The first-order valence-electron chi connectivity index (χ1n) is 8.83. The van der Waals surface area contributed by atoms with Gasteiger partial charge in [0.25, 0.3) is 0 Å². The lowest BCUT2D eigenvalue weighted by molar-refractivity contribution is 0.412. The van der Waals surface area contributed by atoms with E-state index in [2.05, 4.69) is 28.1 Å². The number of methoxy groups -OCH3 is 1. The average Bonchev–Trinajstić information content (AvgIpc) is 3.32. The summed E-state index contributed by atoms with van der Waals surface area (Å²) in [5, 5.41) is 0. The molecule has 6 heteroatoms. The van der Waals surface area contributed by atoms with Gasteiger partial charge in [-0.15, -0.1) is 0 Å². The molecule has 2 aliphatic rings. The first kappa shape index (κ1) is 18.7. The van der Waals surface area contributed by atoms with Crippen LogP contribution in [0.25, 0.3) is 11.1 Å². The number of ether oxygens (including phenoxy) is 1. The molecule has 0 aliphatic heterocycles. The predicted molar refractivity (Wildman–Crippen MR) is 108 cm³/mol. The minimum Gasteiger partial charge on any atom is -0.496 e. The largest absolute Gasteiger partial charge is 0.496 e. The van der Waals surface area contributed by atoms with E-state index in [4.69, 9.17) is 4.74 Å². The highest BCUT2D eigenvalue weighted by Gasteiger charge is 2.48. The molecule has 2 aromatic rings. The van der Waals surface area contributed by atoms with Crippen LogP contribution in [0, 0.1) is 5.41 Å². The zero-order chi connectivity index (χ0) is 19.2. The summed E-state index contributed by atoms with van der Waals surface area (Å²) in [5.74, 6) is 0.792. The molecule has 2 aromatic carbocycles. The Bertz CT molecular complexity index is 1020. The molecule has 0 unspecified atom stereocenters. The van der Waals surface area contributed by atoms with E-state index in [1.165, 1.54) is 36.1 Å².